The lowest BCUT2D eigenvalue weighted by molar-refractivity contribution is 0.202. The molecule has 3 rings (SSSR count). The van der Waals surface area contributed by atoms with Crippen molar-refractivity contribution in [1.82, 2.24) is 9.55 Å². The van der Waals surface area contributed by atoms with Gasteiger partial charge in [-0.3, -0.25) is 4.57 Å². The molecular weight excluding hydrogens is 250 g/mol. The van der Waals surface area contributed by atoms with Gasteiger partial charge in [0.15, 0.2) is 0 Å². The Labute approximate surface area is 119 Å². The van der Waals surface area contributed by atoms with Crippen molar-refractivity contribution in [2.24, 2.45) is 0 Å². The molecule has 1 heterocycles. The van der Waals surface area contributed by atoms with Gasteiger partial charge in [-0.15, -0.1) is 0 Å². The molecule has 0 amide bonds. The molecule has 0 aliphatic heterocycles. The molecule has 20 heavy (non-hydrogen) atoms. The van der Waals surface area contributed by atoms with Crippen LogP contribution >= 0.6 is 0 Å². The van der Waals surface area contributed by atoms with Gasteiger partial charge in [0, 0.05) is 19.3 Å². The third kappa shape index (κ3) is 2.85. The van der Waals surface area contributed by atoms with Crippen LogP contribution in [0.15, 0.2) is 30.5 Å². The molecule has 0 radical (unpaired) electrons. The third-order valence-electron chi connectivity index (χ3n) is 3.56. The number of para-hydroxylation sites is 1. The van der Waals surface area contributed by atoms with Crippen LogP contribution in [-0.2, 0) is 11.2 Å². The van der Waals surface area contributed by atoms with E-state index in [2.05, 4.69) is 45.3 Å². The fourth-order valence-corrected chi connectivity index (χ4v) is 2.36. The first kappa shape index (κ1) is 13.2. The van der Waals surface area contributed by atoms with Crippen molar-refractivity contribution in [2.75, 3.05) is 19.0 Å². The van der Waals surface area contributed by atoms with Gasteiger partial charge < -0.3 is 10.1 Å². The minimum absolute atomic E-state index is 0.599. The Morgan fingerprint density at radius 1 is 1.35 bits per heavy atom. The molecule has 1 aliphatic carbocycles. The number of hydrogen-bond donors (Lipinski definition) is 1. The smallest absolute Gasteiger partial charge is 0.207 e. The second-order valence-electron chi connectivity index (χ2n) is 5.37. The first-order chi connectivity index (χ1) is 9.78. The number of nitrogens with zero attached hydrogens (tertiary/aromatic N) is 2. The molecule has 4 heteroatoms. The van der Waals surface area contributed by atoms with Crippen LogP contribution in [0.3, 0.4) is 0 Å². The van der Waals surface area contributed by atoms with Gasteiger partial charge in [-0.1, -0.05) is 18.2 Å². The number of hydrogen-bond acceptors (Lipinski definition) is 3. The molecule has 1 N–H and O–H groups in total. The number of rotatable bonds is 6. The van der Waals surface area contributed by atoms with Gasteiger partial charge in [-0.2, -0.15) is 0 Å². The Morgan fingerprint density at radius 3 is 2.90 bits per heavy atom. The first-order valence-electron chi connectivity index (χ1n) is 7.17. The number of benzene rings is 1. The average Bonchev–Trinajstić information content (AvgIpc) is 3.19. The van der Waals surface area contributed by atoms with Crippen molar-refractivity contribution >= 4 is 5.95 Å². The molecule has 1 saturated carbocycles. The summed E-state index contributed by atoms with van der Waals surface area (Å²) in [6.45, 7) is 2.77. The van der Waals surface area contributed by atoms with Crippen molar-refractivity contribution < 1.29 is 4.74 Å². The van der Waals surface area contributed by atoms with Gasteiger partial charge in [-0.25, -0.2) is 4.98 Å². The fraction of sp³-hybridized carbons (Fsp3) is 0.438. The molecule has 1 aliphatic rings. The molecule has 0 spiro atoms. The molecular formula is C16H21N3O. The molecule has 4 nitrogen and oxygen atoms in total. The van der Waals surface area contributed by atoms with E-state index in [9.17, 15) is 0 Å². The van der Waals surface area contributed by atoms with E-state index in [-0.39, 0.29) is 0 Å². The molecule has 0 bridgehead atoms. The van der Waals surface area contributed by atoms with Gasteiger partial charge in [-0.05, 0) is 37.8 Å². The average molecular weight is 271 g/mol. The second kappa shape index (κ2) is 5.67. The maximum absolute atomic E-state index is 5.21. The number of aromatic nitrogens is 2. The van der Waals surface area contributed by atoms with Crippen molar-refractivity contribution in [3.05, 3.63) is 41.7 Å². The first-order valence-corrected chi connectivity index (χ1v) is 7.17. The van der Waals surface area contributed by atoms with Crippen molar-refractivity contribution in [2.45, 2.75) is 32.2 Å². The quantitative estimate of drug-likeness (QED) is 0.878. The SMILES string of the molecule is COCCc1ccccc1-n1cc(C)nc1NC1CC1. The van der Waals surface area contributed by atoms with Crippen LogP contribution < -0.4 is 5.32 Å². The summed E-state index contributed by atoms with van der Waals surface area (Å²) in [5, 5.41) is 3.51. The largest absolute Gasteiger partial charge is 0.384 e. The lowest BCUT2D eigenvalue weighted by Crippen LogP contribution is -2.09. The number of aryl methyl sites for hydroxylation is 1. The van der Waals surface area contributed by atoms with Gasteiger partial charge in [0.05, 0.1) is 18.0 Å². The Bertz CT molecular complexity index is 587. The highest BCUT2D eigenvalue weighted by Crippen LogP contribution is 2.27. The summed E-state index contributed by atoms with van der Waals surface area (Å²) in [6.07, 6.45) is 5.50. The zero-order valence-corrected chi connectivity index (χ0v) is 12.1. The van der Waals surface area contributed by atoms with Gasteiger partial charge in [0.2, 0.25) is 5.95 Å². The maximum atomic E-state index is 5.21. The summed E-state index contributed by atoms with van der Waals surface area (Å²) >= 11 is 0. The molecule has 106 valence electrons. The zero-order valence-electron chi connectivity index (χ0n) is 12.1. The van der Waals surface area contributed by atoms with E-state index >= 15 is 0 Å². The van der Waals surface area contributed by atoms with E-state index in [1.807, 2.05) is 6.92 Å². The van der Waals surface area contributed by atoms with E-state index in [1.54, 1.807) is 7.11 Å². The molecule has 1 aromatic carbocycles. The van der Waals surface area contributed by atoms with Crippen molar-refractivity contribution in [3.8, 4) is 5.69 Å². The lowest BCUT2D eigenvalue weighted by atomic mass is 10.1. The molecule has 1 aromatic heterocycles. The highest BCUT2D eigenvalue weighted by atomic mass is 16.5. The van der Waals surface area contributed by atoms with Gasteiger partial charge >= 0.3 is 0 Å². The normalized spacial score (nSPS) is 14.5. The number of anilines is 1. The third-order valence-corrected chi connectivity index (χ3v) is 3.56. The van der Waals surface area contributed by atoms with E-state index in [1.165, 1.54) is 24.1 Å². The number of methoxy groups -OCH3 is 1. The molecule has 0 saturated heterocycles. The van der Waals surface area contributed by atoms with E-state index in [0.29, 0.717) is 6.04 Å². The molecule has 1 fully saturated rings. The van der Waals surface area contributed by atoms with Crippen molar-refractivity contribution in [3.63, 3.8) is 0 Å². The maximum Gasteiger partial charge on any atom is 0.207 e. The predicted molar refractivity (Wildman–Crippen MR) is 80.5 cm³/mol. The van der Waals surface area contributed by atoms with E-state index in [0.717, 1.165) is 24.7 Å². The van der Waals surface area contributed by atoms with E-state index in [4.69, 9.17) is 4.74 Å². The highest BCUT2D eigenvalue weighted by molar-refractivity contribution is 5.49. The van der Waals surface area contributed by atoms with Crippen LogP contribution in [0.4, 0.5) is 5.95 Å². The topological polar surface area (TPSA) is 39.1 Å². The zero-order chi connectivity index (χ0) is 13.9. The van der Waals surface area contributed by atoms with Crippen LogP contribution in [0, 0.1) is 6.92 Å². The van der Waals surface area contributed by atoms with Crippen LogP contribution in [0.1, 0.15) is 24.1 Å². The van der Waals surface area contributed by atoms with Crippen LogP contribution in [-0.4, -0.2) is 29.3 Å². The van der Waals surface area contributed by atoms with Crippen LogP contribution in [0.2, 0.25) is 0 Å². The molecule has 2 aromatic rings. The van der Waals surface area contributed by atoms with Crippen LogP contribution in [0.5, 0.6) is 0 Å². The lowest BCUT2D eigenvalue weighted by Gasteiger charge is -2.13. The minimum Gasteiger partial charge on any atom is -0.384 e. The van der Waals surface area contributed by atoms with E-state index < -0.39 is 0 Å². The van der Waals surface area contributed by atoms with Crippen LogP contribution in [0.25, 0.3) is 5.69 Å². The Kier molecular flexibility index (Phi) is 3.74. The summed E-state index contributed by atoms with van der Waals surface area (Å²) in [7, 11) is 1.74. The van der Waals surface area contributed by atoms with Gasteiger partial charge in [0.1, 0.15) is 0 Å². The Balaban J connectivity index is 1.94. The summed E-state index contributed by atoms with van der Waals surface area (Å²) < 4.78 is 7.37. The highest BCUT2D eigenvalue weighted by Gasteiger charge is 2.23. The number of ether oxygens (including phenoxy) is 1. The number of nitrogens with one attached hydrogen (secondary N) is 1. The second-order valence-corrected chi connectivity index (χ2v) is 5.37. The van der Waals surface area contributed by atoms with Crippen molar-refractivity contribution in [1.29, 1.82) is 0 Å². The summed E-state index contributed by atoms with van der Waals surface area (Å²) in [5.74, 6) is 0.954. The fourth-order valence-electron chi connectivity index (χ4n) is 2.36. The molecule has 0 unspecified atom stereocenters. The predicted octanol–water partition coefficient (Wildman–Crippen LogP) is 2.94. The minimum atomic E-state index is 0.599. The summed E-state index contributed by atoms with van der Waals surface area (Å²) in [4.78, 5) is 4.61. The standard InChI is InChI=1S/C16H21N3O/c1-12-11-19(16(17-12)18-14-7-8-14)15-6-4-3-5-13(15)9-10-20-2/h3-6,11,14H,7-10H2,1-2H3,(H,17,18). The van der Waals surface area contributed by atoms with Gasteiger partial charge in [0.25, 0.3) is 0 Å². The molecule has 0 atom stereocenters. The number of imidazole rings is 1. The monoisotopic (exact) mass is 271 g/mol. The Hall–Kier alpha value is -1.81. The summed E-state index contributed by atoms with van der Waals surface area (Å²) in [5.41, 5.74) is 3.51. The summed E-state index contributed by atoms with van der Waals surface area (Å²) in [6, 6.07) is 9.05. The Morgan fingerprint density at radius 2 is 2.15 bits per heavy atom.